The van der Waals surface area contributed by atoms with E-state index in [4.69, 9.17) is 0 Å². The Morgan fingerprint density at radius 1 is 1.20 bits per heavy atom. The fourth-order valence-electron chi connectivity index (χ4n) is 1.92. The molecule has 0 atom stereocenters. The average molecular weight is 283 g/mol. The van der Waals surface area contributed by atoms with Crippen LogP contribution in [0.4, 0.5) is 24.8 Å². The third kappa shape index (κ3) is 2.95. The lowest BCUT2D eigenvalue weighted by molar-refractivity contribution is 0.449. The molecule has 3 nitrogen and oxygen atoms in total. The van der Waals surface area contributed by atoms with Crippen molar-refractivity contribution in [1.29, 1.82) is 0 Å². The Morgan fingerprint density at radius 3 is 2.55 bits per heavy atom. The van der Waals surface area contributed by atoms with Gasteiger partial charge in [0.2, 0.25) is 5.95 Å². The molecule has 0 spiro atoms. The molecule has 0 radical (unpaired) electrons. The summed E-state index contributed by atoms with van der Waals surface area (Å²) in [5.74, 6) is -3.18. The van der Waals surface area contributed by atoms with E-state index in [0.717, 1.165) is 17.8 Å². The fourth-order valence-corrected chi connectivity index (χ4v) is 1.92. The first-order valence-corrected chi connectivity index (χ1v) is 6.32. The second-order valence-electron chi connectivity index (χ2n) is 5.10. The molecule has 0 unspecified atom stereocenters. The van der Waals surface area contributed by atoms with E-state index in [1.807, 2.05) is 31.5 Å². The minimum absolute atomic E-state index is 0.139. The zero-order chi connectivity index (χ0) is 14.9. The number of aromatic nitrogens is 2. The normalized spacial score (nSPS) is 11.2. The summed E-state index contributed by atoms with van der Waals surface area (Å²) in [6.45, 7) is 6.58. The molecule has 0 aliphatic carbocycles. The van der Waals surface area contributed by atoms with Crippen LogP contribution in [0.1, 0.15) is 19.5 Å². The quantitative estimate of drug-likeness (QED) is 0.859. The molecular formula is C14H16F3N3. The Hall–Kier alpha value is -1.98. The van der Waals surface area contributed by atoms with Crippen LogP contribution in [-0.4, -0.2) is 9.55 Å². The largest absolute Gasteiger partial charge is 0.323 e. The molecule has 0 amide bonds. The molecule has 108 valence electrons. The van der Waals surface area contributed by atoms with E-state index in [2.05, 4.69) is 10.3 Å². The minimum atomic E-state index is -1.49. The van der Waals surface area contributed by atoms with Crippen LogP contribution in [0.15, 0.2) is 18.3 Å². The second kappa shape index (κ2) is 5.56. The van der Waals surface area contributed by atoms with E-state index in [0.29, 0.717) is 18.4 Å². The summed E-state index contributed by atoms with van der Waals surface area (Å²) >= 11 is 0. The van der Waals surface area contributed by atoms with Crippen LogP contribution in [-0.2, 0) is 6.54 Å². The van der Waals surface area contributed by atoms with Gasteiger partial charge < -0.3 is 9.88 Å². The molecule has 0 fully saturated rings. The van der Waals surface area contributed by atoms with Gasteiger partial charge in [-0.1, -0.05) is 13.8 Å². The molecule has 1 heterocycles. The SMILES string of the molecule is Cc1cn(CC(C)C)c(Nc2ccc(F)c(F)c2F)n1. The summed E-state index contributed by atoms with van der Waals surface area (Å²) in [5, 5.41) is 2.71. The highest BCUT2D eigenvalue weighted by Crippen LogP contribution is 2.23. The van der Waals surface area contributed by atoms with Gasteiger partial charge in [-0.15, -0.1) is 0 Å². The van der Waals surface area contributed by atoms with Gasteiger partial charge in [-0.2, -0.15) is 0 Å². The molecule has 0 aliphatic heterocycles. The summed E-state index contributed by atoms with van der Waals surface area (Å²) < 4.78 is 41.5. The minimum Gasteiger partial charge on any atom is -0.323 e. The van der Waals surface area contributed by atoms with E-state index in [-0.39, 0.29) is 5.69 Å². The molecule has 1 aromatic heterocycles. The Kier molecular flexibility index (Phi) is 4.01. The topological polar surface area (TPSA) is 29.9 Å². The zero-order valence-electron chi connectivity index (χ0n) is 11.5. The summed E-state index contributed by atoms with van der Waals surface area (Å²) in [5.41, 5.74) is 0.621. The number of benzene rings is 1. The van der Waals surface area contributed by atoms with Crippen LogP contribution in [0.3, 0.4) is 0 Å². The van der Waals surface area contributed by atoms with Crippen LogP contribution in [0.5, 0.6) is 0 Å². The van der Waals surface area contributed by atoms with Crippen molar-refractivity contribution < 1.29 is 13.2 Å². The standard InChI is InChI=1S/C14H16F3N3/c1-8(2)6-20-7-9(3)18-14(20)19-11-5-4-10(15)12(16)13(11)17/h4-5,7-8H,6H2,1-3H3,(H,18,19). The Labute approximate surface area is 115 Å². The van der Waals surface area contributed by atoms with Crippen LogP contribution in [0, 0.1) is 30.3 Å². The van der Waals surface area contributed by atoms with Crippen LogP contribution in [0.2, 0.25) is 0 Å². The average Bonchev–Trinajstić information content (AvgIpc) is 2.69. The van der Waals surface area contributed by atoms with Crippen LogP contribution in [0.25, 0.3) is 0 Å². The maximum absolute atomic E-state index is 13.6. The third-order valence-corrected chi connectivity index (χ3v) is 2.74. The van der Waals surface area contributed by atoms with Crippen molar-refractivity contribution in [2.45, 2.75) is 27.3 Å². The van der Waals surface area contributed by atoms with Crippen molar-refractivity contribution in [2.75, 3.05) is 5.32 Å². The molecule has 0 bridgehead atoms. The van der Waals surface area contributed by atoms with Gasteiger partial charge in [-0.25, -0.2) is 18.2 Å². The number of imidazole rings is 1. The molecule has 20 heavy (non-hydrogen) atoms. The lowest BCUT2D eigenvalue weighted by Crippen LogP contribution is -2.08. The number of halogens is 3. The highest BCUT2D eigenvalue weighted by molar-refractivity contribution is 5.55. The number of hydrogen-bond donors (Lipinski definition) is 1. The van der Waals surface area contributed by atoms with Gasteiger partial charge >= 0.3 is 0 Å². The maximum atomic E-state index is 13.6. The Balaban J connectivity index is 2.33. The van der Waals surface area contributed by atoms with Gasteiger partial charge in [0.1, 0.15) is 0 Å². The van der Waals surface area contributed by atoms with E-state index in [9.17, 15) is 13.2 Å². The smallest absolute Gasteiger partial charge is 0.207 e. The Bertz CT molecular complexity index is 620. The lowest BCUT2D eigenvalue weighted by Gasteiger charge is -2.12. The van der Waals surface area contributed by atoms with Gasteiger partial charge in [0.25, 0.3) is 0 Å². The van der Waals surface area contributed by atoms with Gasteiger partial charge in [0.15, 0.2) is 17.5 Å². The summed E-state index contributed by atoms with van der Waals surface area (Å²) in [6.07, 6.45) is 1.82. The molecular weight excluding hydrogens is 267 g/mol. The first-order chi connectivity index (χ1) is 9.38. The summed E-state index contributed by atoms with van der Waals surface area (Å²) in [4.78, 5) is 4.22. The second-order valence-corrected chi connectivity index (χ2v) is 5.10. The van der Waals surface area contributed by atoms with Crippen molar-refractivity contribution in [2.24, 2.45) is 5.92 Å². The van der Waals surface area contributed by atoms with E-state index in [1.54, 1.807) is 0 Å². The maximum Gasteiger partial charge on any atom is 0.207 e. The highest BCUT2D eigenvalue weighted by atomic mass is 19.2. The number of aryl methyl sites for hydroxylation is 1. The molecule has 0 saturated heterocycles. The van der Waals surface area contributed by atoms with Crippen LogP contribution >= 0.6 is 0 Å². The Morgan fingerprint density at radius 2 is 1.90 bits per heavy atom. The van der Waals surface area contributed by atoms with Crippen molar-refractivity contribution in [3.8, 4) is 0 Å². The predicted octanol–water partition coefficient (Wildman–Crippen LogP) is 4.01. The monoisotopic (exact) mass is 283 g/mol. The van der Waals surface area contributed by atoms with Crippen molar-refractivity contribution in [3.63, 3.8) is 0 Å². The van der Waals surface area contributed by atoms with E-state index < -0.39 is 17.5 Å². The zero-order valence-corrected chi connectivity index (χ0v) is 11.5. The molecule has 6 heteroatoms. The number of rotatable bonds is 4. The molecule has 0 saturated carbocycles. The van der Waals surface area contributed by atoms with Gasteiger partial charge in [-0.05, 0) is 25.0 Å². The van der Waals surface area contributed by atoms with Gasteiger partial charge in [0.05, 0.1) is 11.4 Å². The van der Waals surface area contributed by atoms with E-state index in [1.165, 1.54) is 0 Å². The van der Waals surface area contributed by atoms with Crippen molar-refractivity contribution >= 4 is 11.6 Å². The van der Waals surface area contributed by atoms with Gasteiger partial charge in [0, 0.05) is 12.7 Å². The lowest BCUT2D eigenvalue weighted by atomic mass is 10.2. The number of nitrogens with zero attached hydrogens (tertiary/aromatic N) is 2. The molecule has 2 rings (SSSR count). The predicted molar refractivity (Wildman–Crippen MR) is 71.4 cm³/mol. The number of hydrogen-bond acceptors (Lipinski definition) is 2. The first kappa shape index (κ1) is 14.4. The number of nitrogens with one attached hydrogen (secondary N) is 1. The third-order valence-electron chi connectivity index (χ3n) is 2.74. The fraction of sp³-hybridized carbons (Fsp3) is 0.357. The van der Waals surface area contributed by atoms with Gasteiger partial charge in [-0.3, -0.25) is 0 Å². The first-order valence-electron chi connectivity index (χ1n) is 6.32. The molecule has 2 aromatic rings. The van der Waals surface area contributed by atoms with Crippen LogP contribution < -0.4 is 5.32 Å². The van der Waals surface area contributed by atoms with Crippen molar-refractivity contribution in [3.05, 3.63) is 41.5 Å². The molecule has 1 N–H and O–H groups in total. The van der Waals surface area contributed by atoms with E-state index >= 15 is 0 Å². The summed E-state index contributed by atoms with van der Waals surface area (Å²) in [7, 11) is 0. The summed E-state index contributed by atoms with van der Waals surface area (Å²) in [6, 6.07) is 2.03. The molecule has 1 aromatic carbocycles. The molecule has 0 aliphatic rings. The highest BCUT2D eigenvalue weighted by Gasteiger charge is 2.15. The number of anilines is 2. The van der Waals surface area contributed by atoms with Crippen molar-refractivity contribution in [1.82, 2.24) is 9.55 Å².